The molecule has 2 N–H and O–H groups in total. The number of hydrogen-bond donors (Lipinski definition) is 1. The molecule has 204 valence electrons. The van der Waals surface area contributed by atoms with Crippen LogP contribution in [0.4, 0.5) is 4.39 Å². The van der Waals surface area contributed by atoms with Gasteiger partial charge in [0, 0.05) is 25.8 Å². The molecule has 0 saturated carbocycles. The van der Waals surface area contributed by atoms with Crippen molar-refractivity contribution in [2.75, 3.05) is 25.9 Å². The fourth-order valence-corrected chi connectivity index (χ4v) is 4.86. The molecule has 2 heterocycles. The number of aromatic nitrogens is 2. The molecule has 1 aliphatic rings. The van der Waals surface area contributed by atoms with Crippen molar-refractivity contribution in [3.8, 4) is 11.8 Å². The highest BCUT2D eigenvalue weighted by atomic mass is 32.2. The molecule has 2 aromatic rings. The molecule has 0 spiro atoms. The monoisotopic (exact) mass is 536 g/mol. The van der Waals surface area contributed by atoms with Gasteiger partial charge in [-0.2, -0.15) is 0 Å². The van der Waals surface area contributed by atoms with E-state index in [1.807, 2.05) is 0 Å². The number of piperidine rings is 1. The summed E-state index contributed by atoms with van der Waals surface area (Å²) in [7, 11) is -3.55. The van der Waals surface area contributed by atoms with E-state index in [1.165, 1.54) is 44.1 Å². The zero-order valence-electron chi connectivity index (χ0n) is 21.8. The highest BCUT2D eigenvalue weighted by Crippen LogP contribution is 2.26. The van der Waals surface area contributed by atoms with E-state index in [0.29, 0.717) is 11.4 Å². The first-order valence-electron chi connectivity index (χ1n) is 12.7. The minimum Gasteiger partial charge on any atom is -0.474 e. The Labute approximate surface area is 218 Å². The number of nitrogens with two attached hydrogens (primary N) is 1. The second-order valence-corrected chi connectivity index (χ2v) is 11.6. The molecular formula is C26H37FN4O5S. The van der Waals surface area contributed by atoms with Crippen molar-refractivity contribution in [1.29, 1.82) is 0 Å². The number of carbonyl (C=O) groups excluding carboxylic acids is 1. The van der Waals surface area contributed by atoms with E-state index in [9.17, 15) is 17.6 Å². The van der Waals surface area contributed by atoms with Gasteiger partial charge in [-0.25, -0.2) is 27.6 Å². The number of likely N-dealkylation sites (tertiary alicyclic amines) is 1. The molecule has 0 radical (unpaired) electrons. The minimum absolute atomic E-state index is 0.0178. The molecule has 1 saturated heterocycles. The maximum atomic E-state index is 14.4. The third kappa shape index (κ3) is 8.44. The van der Waals surface area contributed by atoms with Gasteiger partial charge in [-0.15, -0.1) is 0 Å². The molecule has 0 amide bonds. The maximum absolute atomic E-state index is 14.4. The molecule has 0 aliphatic carbocycles. The number of carbonyl (C=O) groups is 1. The van der Waals surface area contributed by atoms with Gasteiger partial charge in [0.2, 0.25) is 11.8 Å². The van der Waals surface area contributed by atoms with E-state index in [2.05, 4.69) is 21.8 Å². The van der Waals surface area contributed by atoms with Crippen LogP contribution in [0.3, 0.4) is 0 Å². The molecule has 9 nitrogen and oxygen atoms in total. The number of halogens is 1. The third-order valence-electron chi connectivity index (χ3n) is 6.52. The van der Waals surface area contributed by atoms with Crippen LogP contribution in [0.25, 0.3) is 0 Å². The highest BCUT2D eigenvalue weighted by molar-refractivity contribution is 7.90. The Bertz CT molecular complexity index is 1170. The summed E-state index contributed by atoms with van der Waals surface area (Å²) in [6.07, 6.45) is 8.89. The summed E-state index contributed by atoms with van der Waals surface area (Å²) in [5.74, 6) is -1.16. The quantitative estimate of drug-likeness (QED) is 0.321. The first-order chi connectivity index (χ1) is 17.6. The van der Waals surface area contributed by atoms with E-state index in [-0.39, 0.29) is 28.9 Å². The van der Waals surface area contributed by atoms with Gasteiger partial charge < -0.3 is 20.1 Å². The van der Waals surface area contributed by atoms with Crippen LogP contribution in [0.2, 0.25) is 0 Å². The molecule has 0 bridgehead atoms. The number of ether oxygens (including phenoxy) is 2. The fourth-order valence-electron chi connectivity index (χ4n) is 4.23. The standard InChI is InChI=1S/C26H37FN4O5S/c1-4-5-6-7-12-31-13-10-20(11-14-31)35-24-18(2)25(30-17-29-24)36-26(32)23(28)15-19-8-9-21(16-22(19)27)37(3,33)34/h8-9,16-17,20,23H,4-7,10-15,28H2,1-3H3/t23-/m0/s1. The van der Waals surface area contributed by atoms with Crippen molar-refractivity contribution in [1.82, 2.24) is 14.9 Å². The molecule has 1 fully saturated rings. The number of nitrogens with zero attached hydrogens (tertiary/aromatic N) is 3. The number of benzene rings is 1. The van der Waals surface area contributed by atoms with Gasteiger partial charge in [0.15, 0.2) is 9.84 Å². The lowest BCUT2D eigenvalue weighted by Gasteiger charge is -2.32. The Morgan fingerprint density at radius 1 is 1.19 bits per heavy atom. The van der Waals surface area contributed by atoms with Crippen molar-refractivity contribution in [2.45, 2.75) is 75.8 Å². The van der Waals surface area contributed by atoms with Gasteiger partial charge in [-0.3, -0.25) is 0 Å². The van der Waals surface area contributed by atoms with Crippen molar-refractivity contribution < 1.29 is 27.1 Å². The number of sulfone groups is 1. The molecule has 1 aromatic heterocycles. The summed E-state index contributed by atoms with van der Waals surface area (Å²) < 4.78 is 49.1. The fraction of sp³-hybridized carbons (Fsp3) is 0.577. The van der Waals surface area contributed by atoms with E-state index < -0.39 is 27.7 Å². The summed E-state index contributed by atoms with van der Waals surface area (Å²) in [5, 5.41) is 0. The topological polar surface area (TPSA) is 125 Å². The van der Waals surface area contributed by atoms with Gasteiger partial charge in [-0.05, 0) is 50.4 Å². The predicted molar refractivity (Wildman–Crippen MR) is 138 cm³/mol. The highest BCUT2D eigenvalue weighted by Gasteiger charge is 2.24. The summed E-state index contributed by atoms with van der Waals surface area (Å²) in [4.78, 5) is 23.2. The van der Waals surface area contributed by atoms with Crippen LogP contribution < -0.4 is 15.2 Å². The third-order valence-corrected chi connectivity index (χ3v) is 7.64. The Balaban J connectivity index is 1.54. The van der Waals surface area contributed by atoms with Gasteiger partial charge in [0.05, 0.1) is 10.5 Å². The molecule has 0 unspecified atom stereocenters. The maximum Gasteiger partial charge on any atom is 0.329 e. The van der Waals surface area contributed by atoms with Gasteiger partial charge in [0.25, 0.3) is 0 Å². The molecule has 11 heteroatoms. The predicted octanol–water partition coefficient (Wildman–Crippen LogP) is 3.23. The molecule has 1 aliphatic heterocycles. The number of esters is 1. The minimum atomic E-state index is -3.55. The second-order valence-electron chi connectivity index (χ2n) is 9.59. The number of hydrogen-bond acceptors (Lipinski definition) is 9. The number of unbranched alkanes of at least 4 members (excludes halogenated alkanes) is 3. The Morgan fingerprint density at radius 3 is 2.54 bits per heavy atom. The van der Waals surface area contributed by atoms with E-state index >= 15 is 0 Å². The Hall–Kier alpha value is -2.63. The lowest BCUT2D eigenvalue weighted by molar-refractivity contribution is -0.136. The zero-order chi connectivity index (χ0) is 27.0. The second kappa shape index (κ2) is 13.3. The average Bonchev–Trinajstić information content (AvgIpc) is 2.85. The van der Waals surface area contributed by atoms with Crippen LogP contribution >= 0.6 is 0 Å². The smallest absolute Gasteiger partial charge is 0.329 e. The van der Waals surface area contributed by atoms with Crippen molar-refractivity contribution in [2.24, 2.45) is 5.73 Å². The van der Waals surface area contributed by atoms with Crippen LogP contribution in [0.1, 0.15) is 56.6 Å². The first-order valence-corrected chi connectivity index (χ1v) is 14.6. The summed E-state index contributed by atoms with van der Waals surface area (Å²) in [6, 6.07) is 2.31. The van der Waals surface area contributed by atoms with Crippen LogP contribution in [0, 0.1) is 12.7 Å². The molecule has 1 aromatic carbocycles. The molecule has 3 rings (SSSR count). The summed E-state index contributed by atoms with van der Waals surface area (Å²) in [5.41, 5.74) is 6.54. The summed E-state index contributed by atoms with van der Waals surface area (Å²) >= 11 is 0. The largest absolute Gasteiger partial charge is 0.474 e. The molecular weight excluding hydrogens is 499 g/mol. The van der Waals surface area contributed by atoms with Crippen molar-refractivity contribution >= 4 is 15.8 Å². The Kier molecular flexibility index (Phi) is 10.4. The summed E-state index contributed by atoms with van der Waals surface area (Å²) in [6.45, 7) is 6.98. The van der Waals surface area contributed by atoms with Gasteiger partial charge in [0.1, 0.15) is 24.3 Å². The SMILES string of the molecule is CCCCCCN1CCC(Oc2ncnc(OC(=O)[C@@H](N)Cc3ccc(S(C)(=O)=O)cc3F)c2C)CC1. The molecule has 37 heavy (non-hydrogen) atoms. The van der Waals surface area contributed by atoms with Crippen LogP contribution in [0.5, 0.6) is 11.8 Å². The Morgan fingerprint density at radius 2 is 1.89 bits per heavy atom. The lowest BCUT2D eigenvalue weighted by Crippen LogP contribution is -2.39. The van der Waals surface area contributed by atoms with Crippen LogP contribution in [0.15, 0.2) is 29.4 Å². The normalized spacial score (nSPS) is 15.9. The van der Waals surface area contributed by atoms with Crippen LogP contribution in [-0.4, -0.2) is 67.3 Å². The van der Waals surface area contributed by atoms with Gasteiger partial charge in [-0.1, -0.05) is 32.3 Å². The number of rotatable bonds is 12. The lowest BCUT2D eigenvalue weighted by atomic mass is 10.1. The zero-order valence-corrected chi connectivity index (χ0v) is 22.6. The molecule has 1 atom stereocenters. The van der Waals surface area contributed by atoms with E-state index in [4.69, 9.17) is 15.2 Å². The first kappa shape index (κ1) is 28.9. The van der Waals surface area contributed by atoms with Crippen molar-refractivity contribution in [3.63, 3.8) is 0 Å². The van der Waals surface area contributed by atoms with E-state index in [1.54, 1.807) is 6.92 Å². The van der Waals surface area contributed by atoms with Crippen LogP contribution in [-0.2, 0) is 21.1 Å². The average molecular weight is 537 g/mol. The van der Waals surface area contributed by atoms with Gasteiger partial charge >= 0.3 is 5.97 Å². The van der Waals surface area contributed by atoms with Crippen molar-refractivity contribution in [3.05, 3.63) is 41.5 Å². The van der Waals surface area contributed by atoms with E-state index in [0.717, 1.165) is 44.8 Å².